The van der Waals surface area contributed by atoms with Crippen molar-refractivity contribution in [3.63, 3.8) is 0 Å². The van der Waals surface area contributed by atoms with E-state index in [0.717, 1.165) is 6.20 Å². The summed E-state index contributed by atoms with van der Waals surface area (Å²) in [5, 5.41) is 11.4. The third-order valence-electron chi connectivity index (χ3n) is 2.94. The number of pyridine rings is 1. The molecule has 0 aliphatic rings. The number of nitro groups is 1. The number of hydrogen-bond acceptors (Lipinski definition) is 4. The van der Waals surface area contributed by atoms with Gasteiger partial charge in [-0.3, -0.25) is 10.1 Å². The minimum absolute atomic E-state index is 0.0588. The fraction of sp³-hybridized carbons (Fsp3) is 0. The van der Waals surface area contributed by atoms with Crippen molar-refractivity contribution in [2.24, 2.45) is 0 Å². The average Bonchev–Trinajstić information content (AvgIpc) is 2.49. The maximum absolute atomic E-state index is 10.9. The second-order valence-corrected chi connectivity index (χ2v) is 4.66. The summed E-state index contributed by atoms with van der Waals surface area (Å²) in [7, 11) is 0. The standard InChI is InChI=1S/C15H9ClN2O3/c16-14-11-7-4-8-13(21-10-5-2-1-3-6-10)15(11)17-9-12(14)18(19)20/h1-9H. The molecule has 0 bridgehead atoms. The topological polar surface area (TPSA) is 65.3 Å². The zero-order valence-corrected chi connectivity index (χ0v) is 11.4. The highest BCUT2D eigenvalue weighted by Gasteiger charge is 2.18. The number of aromatic nitrogens is 1. The predicted molar refractivity (Wildman–Crippen MR) is 79.9 cm³/mol. The van der Waals surface area contributed by atoms with Gasteiger partial charge in [0.05, 0.1) is 4.92 Å². The Labute approximate surface area is 124 Å². The Hall–Kier alpha value is -2.66. The summed E-state index contributed by atoms with van der Waals surface area (Å²) in [4.78, 5) is 14.4. The molecule has 0 unspecified atom stereocenters. The quantitative estimate of drug-likeness (QED) is 0.524. The van der Waals surface area contributed by atoms with E-state index in [0.29, 0.717) is 22.4 Å². The van der Waals surface area contributed by atoms with Crippen LogP contribution < -0.4 is 4.74 Å². The number of nitrogens with zero attached hydrogens (tertiary/aromatic N) is 2. The molecule has 0 spiro atoms. The normalized spacial score (nSPS) is 10.5. The summed E-state index contributed by atoms with van der Waals surface area (Å²) in [6, 6.07) is 14.3. The van der Waals surface area contributed by atoms with Crippen molar-refractivity contribution in [1.82, 2.24) is 4.98 Å². The molecule has 1 aromatic heterocycles. The van der Waals surface area contributed by atoms with Crippen LogP contribution in [0.15, 0.2) is 54.7 Å². The first-order valence-electron chi connectivity index (χ1n) is 6.11. The summed E-state index contributed by atoms with van der Waals surface area (Å²) >= 11 is 6.07. The molecule has 0 amide bonds. The van der Waals surface area contributed by atoms with Crippen LogP contribution in [-0.4, -0.2) is 9.91 Å². The van der Waals surface area contributed by atoms with E-state index in [4.69, 9.17) is 16.3 Å². The van der Waals surface area contributed by atoms with Crippen LogP contribution in [0, 0.1) is 10.1 Å². The Morgan fingerprint density at radius 2 is 1.86 bits per heavy atom. The number of halogens is 1. The van der Waals surface area contributed by atoms with Gasteiger partial charge in [-0.25, -0.2) is 4.98 Å². The lowest BCUT2D eigenvalue weighted by Gasteiger charge is -2.08. The number of benzene rings is 2. The lowest BCUT2D eigenvalue weighted by atomic mass is 10.2. The van der Waals surface area contributed by atoms with Crippen molar-refractivity contribution >= 4 is 28.2 Å². The summed E-state index contributed by atoms with van der Waals surface area (Å²) in [6.45, 7) is 0. The summed E-state index contributed by atoms with van der Waals surface area (Å²) in [5.74, 6) is 1.15. The highest BCUT2D eigenvalue weighted by atomic mass is 35.5. The summed E-state index contributed by atoms with van der Waals surface area (Å²) in [6.07, 6.45) is 1.14. The van der Waals surface area contributed by atoms with Crippen LogP contribution >= 0.6 is 11.6 Å². The van der Waals surface area contributed by atoms with E-state index in [1.807, 2.05) is 30.3 Å². The molecule has 5 nitrogen and oxygen atoms in total. The first-order chi connectivity index (χ1) is 10.2. The Morgan fingerprint density at radius 3 is 2.57 bits per heavy atom. The van der Waals surface area contributed by atoms with Gasteiger partial charge in [-0.05, 0) is 18.2 Å². The third-order valence-corrected chi connectivity index (χ3v) is 3.34. The molecule has 0 radical (unpaired) electrons. The largest absolute Gasteiger partial charge is 0.455 e. The molecular formula is C15H9ClN2O3. The van der Waals surface area contributed by atoms with Crippen molar-refractivity contribution in [3.8, 4) is 11.5 Å². The monoisotopic (exact) mass is 300 g/mol. The van der Waals surface area contributed by atoms with E-state index in [1.54, 1.807) is 18.2 Å². The first-order valence-corrected chi connectivity index (χ1v) is 6.49. The van der Waals surface area contributed by atoms with Crippen LogP contribution in [0.5, 0.6) is 11.5 Å². The molecule has 3 aromatic rings. The molecule has 21 heavy (non-hydrogen) atoms. The minimum Gasteiger partial charge on any atom is -0.455 e. The van der Waals surface area contributed by atoms with Crippen LogP contribution in [0.1, 0.15) is 0 Å². The van der Waals surface area contributed by atoms with Crippen molar-refractivity contribution < 1.29 is 9.66 Å². The second kappa shape index (κ2) is 5.38. The van der Waals surface area contributed by atoms with Crippen molar-refractivity contribution in [3.05, 3.63) is 69.9 Å². The van der Waals surface area contributed by atoms with Gasteiger partial charge in [0.2, 0.25) is 0 Å². The van der Waals surface area contributed by atoms with E-state index in [-0.39, 0.29) is 10.7 Å². The predicted octanol–water partition coefficient (Wildman–Crippen LogP) is 4.59. The first kappa shape index (κ1) is 13.3. The van der Waals surface area contributed by atoms with E-state index >= 15 is 0 Å². The molecule has 0 atom stereocenters. The number of rotatable bonds is 3. The van der Waals surface area contributed by atoms with Gasteiger partial charge < -0.3 is 4.74 Å². The van der Waals surface area contributed by atoms with Gasteiger partial charge in [-0.15, -0.1) is 0 Å². The van der Waals surface area contributed by atoms with Crippen molar-refractivity contribution in [2.45, 2.75) is 0 Å². The minimum atomic E-state index is -0.556. The maximum Gasteiger partial charge on any atom is 0.306 e. The molecule has 0 aliphatic heterocycles. The lowest BCUT2D eigenvalue weighted by molar-refractivity contribution is -0.384. The molecule has 0 fully saturated rings. The Kier molecular flexibility index (Phi) is 3.41. The molecule has 2 aromatic carbocycles. The summed E-state index contributed by atoms with van der Waals surface area (Å²) < 4.78 is 5.76. The molecule has 0 aliphatic carbocycles. The van der Waals surface area contributed by atoms with E-state index < -0.39 is 4.92 Å². The van der Waals surface area contributed by atoms with E-state index in [2.05, 4.69) is 4.98 Å². The van der Waals surface area contributed by atoms with E-state index in [9.17, 15) is 10.1 Å². The van der Waals surface area contributed by atoms with Crippen LogP contribution in [0.3, 0.4) is 0 Å². The fourth-order valence-corrected chi connectivity index (χ4v) is 2.25. The zero-order chi connectivity index (χ0) is 14.8. The molecular weight excluding hydrogens is 292 g/mol. The molecule has 104 valence electrons. The summed E-state index contributed by atoms with van der Waals surface area (Å²) in [5.41, 5.74) is 0.262. The van der Waals surface area contributed by atoms with Crippen LogP contribution in [0.25, 0.3) is 10.9 Å². The Morgan fingerprint density at radius 1 is 1.10 bits per heavy atom. The number of fused-ring (bicyclic) bond motifs is 1. The molecule has 0 saturated heterocycles. The maximum atomic E-state index is 10.9. The smallest absolute Gasteiger partial charge is 0.306 e. The number of ether oxygens (including phenoxy) is 1. The fourth-order valence-electron chi connectivity index (χ4n) is 1.98. The van der Waals surface area contributed by atoms with Gasteiger partial charge in [0.1, 0.15) is 22.5 Å². The second-order valence-electron chi connectivity index (χ2n) is 4.28. The molecule has 3 rings (SSSR count). The van der Waals surface area contributed by atoms with Gasteiger partial charge in [0, 0.05) is 5.39 Å². The Bertz CT molecular complexity index is 822. The molecule has 0 saturated carbocycles. The van der Waals surface area contributed by atoms with Crippen LogP contribution in [0.2, 0.25) is 5.02 Å². The van der Waals surface area contributed by atoms with Crippen LogP contribution in [-0.2, 0) is 0 Å². The van der Waals surface area contributed by atoms with Gasteiger partial charge in [0.25, 0.3) is 0 Å². The molecule has 1 heterocycles. The Balaban J connectivity index is 2.13. The third kappa shape index (κ3) is 2.51. The number of para-hydroxylation sites is 2. The zero-order valence-electron chi connectivity index (χ0n) is 10.7. The average molecular weight is 301 g/mol. The number of hydrogen-bond donors (Lipinski definition) is 0. The lowest BCUT2D eigenvalue weighted by Crippen LogP contribution is -1.93. The van der Waals surface area contributed by atoms with Crippen molar-refractivity contribution in [2.75, 3.05) is 0 Å². The molecule has 0 N–H and O–H groups in total. The SMILES string of the molecule is O=[N+]([O-])c1cnc2c(Oc3ccccc3)cccc2c1Cl. The molecule has 6 heteroatoms. The van der Waals surface area contributed by atoms with Crippen LogP contribution in [0.4, 0.5) is 5.69 Å². The van der Waals surface area contributed by atoms with Crippen molar-refractivity contribution in [1.29, 1.82) is 0 Å². The highest BCUT2D eigenvalue weighted by molar-refractivity contribution is 6.37. The van der Waals surface area contributed by atoms with E-state index in [1.165, 1.54) is 0 Å². The van der Waals surface area contributed by atoms with Gasteiger partial charge in [0.15, 0.2) is 5.75 Å². The van der Waals surface area contributed by atoms with Gasteiger partial charge >= 0.3 is 5.69 Å². The van der Waals surface area contributed by atoms with Gasteiger partial charge in [-0.1, -0.05) is 41.9 Å². The van der Waals surface area contributed by atoms with Gasteiger partial charge in [-0.2, -0.15) is 0 Å². The highest BCUT2D eigenvalue weighted by Crippen LogP contribution is 2.36.